The highest BCUT2D eigenvalue weighted by Crippen LogP contribution is 2.13. The number of ether oxygens (including phenoxy) is 1. The number of rotatable bonds is 5. The van der Waals surface area contributed by atoms with E-state index in [0.29, 0.717) is 21.7 Å². The zero-order valence-electron chi connectivity index (χ0n) is 12.7. The number of halogens is 2. The lowest BCUT2D eigenvalue weighted by atomic mass is 10.1. The van der Waals surface area contributed by atoms with Crippen LogP contribution in [-0.2, 0) is 9.53 Å². The maximum absolute atomic E-state index is 12.2. The van der Waals surface area contributed by atoms with Gasteiger partial charge in [0.05, 0.1) is 0 Å². The van der Waals surface area contributed by atoms with Crippen molar-refractivity contribution in [1.82, 2.24) is 10.3 Å². The predicted octanol–water partition coefficient (Wildman–Crippen LogP) is 3.39. The number of nitrogens with zero attached hydrogens (tertiary/aromatic N) is 1. The quantitative estimate of drug-likeness (QED) is 0.544. The monoisotopic (exact) mass is 439 g/mol. The molecule has 0 fully saturated rings. The van der Waals surface area contributed by atoms with Crippen LogP contribution in [0.5, 0.6) is 0 Å². The minimum Gasteiger partial charge on any atom is -0.436 e. The van der Waals surface area contributed by atoms with E-state index in [0.717, 1.165) is 0 Å². The molecule has 0 bridgehead atoms. The molecule has 1 aromatic heterocycles. The SMILES string of the molecule is CC(C)(C)NC(=O)OC(CCI)C(=O)Nc1cc(Cl)ccn1. The number of aromatic nitrogens is 1. The molecule has 0 saturated carbocycles. The summed E-state index contributed by atoms with van der Waals surface area (Å²) in [6.07, 6.45) is 0.375. The number of nitrogens with one attached hydrogen (secondary N) is 2. The maximum atomic E-state index is 12.2. The zero-order chi connectivity index (χ0) is 16.8. The Hall–Kier alpha value is -1.09. The van der Waals surface area contributed by atoms with Crippen LogP contribution in [0.4, 0.5) is 10.6 Å². The number of alkyl halides is 1. The van der Waals surface area contributed by atoms with Gasteiger partial charge in [-0.2, -0.15) is 0 Å². The number of pyridine rings is 1. The van der Waals surface area contributed by atoms with Gasteiger partial charge in [0.1, 0.15) is 5.82 Å². The molecule has 0 aliphatic heterocycles. The van der Waals surface area contributed by atoms with Crippen molar-refractivity contribution in [2.75, 3.05) is 9.74 Å². The average molecular weight is 440 g/mol. The second-order valence-corrected chi connectivity index (χ2v) is 7.11. The van der Waals surface area contributed by atoms with Crippen LogP contribution < -0.4 is 10.6 Å². The summed E-state index contributed by atoms with van der Waals surface area (Å²) in [6, 6.07) is 3.13. The highest BCUT2D eigenvalue weighted by Gasteiger charge is 2.25. The van der Waals surface area contributed by atoms with Gasteiger partial charge >= 0.3 is 6.09 Å². The predicted molar refractivity (Wildman–Crippen MR) is 94.5 cm³/mol. The summed E-state index contributed by atoms with van der Waals surface area (Å²) >= 11 is 7.96. The Kier molecular flexibility index (Phi) is 7.34. The summed E-state index contributed by atoms with van der Waals surface area (Å²) in [7, 11) is 0. The molecule has 0 aromatic carbocycles. The van der Waals surface area contributed by atoms with Gasteiger partial charge in [0.15, 0.2) is 6.10 Å². The molecule has 2 amide bonds. The van der Waals surface area contributed by atoms with Crippen molar-refractivity contribution in [2.24, 2.45) is 0 Å². The van der Waals surface area contributed by atoms with E-state index in [-0.39, 0.29) is 0 Å². The zero-order valence-corrected chi connectivity index (χ0v) is 15.6. The summed E-state index contributed by atoms with van der Waals surface area (Å²) < 4.78 is 5.87. The first-order valence-electron chi connectivity index (χ1n) is 6.68. The largest absolute Gasteiger partial charge is 0.436 e. The van der Waals surface area contributed by atoms with Gasteiger partial charge in [-0.05, 0) is 32.9 Å². The molecule has 2 N–H and O–H groups in total. The fourth-order valence-corrected chi connectivity index (χ4v) is 2.21. The molecule has 0 aliphatic rings. The molecule has 8 heteroatoms. The van der Waals surface area contributed by atoms with E-state index < -0.39 is 23.6 Å². The van der Waals surface area contributed by atoms with Crippen LogP contribution in [-0.4, -0.2) is 33.1 Å². The summed E-state index contributed by atoms with van der Waals surface area (Å²) in [5.74, 6) is -0.119. The molecule has 1 unspecified atom stereocenters. The van der Waals surface area contributed by atoms with Crippen molar-refractivity contribution < 1.29 is 14.3 Å². The van der Waals surface area contributed by atoms with E-state index in [2.05, 4.69) is 38.2 Å². The van der Waals surface area contributed by atoms with E-state index in [1.165, 1.54) is 12.3 Å². The normalized spacial score (nSPS) is 12.4. The van der Waals surface area contributed by atoms with Crippen molar-refractivity contribution in [1.29, 1.82) is 0 Å². The number of anilines is 1. The minimum absolute atomic E-state index is 0.316. The molecule has 0 spiro atoms. The Labute approximate surface area is 148 Å². The van der Waals surface area contributed by atoms with Crippen molar-refractivity contribution in [3.05, 3.63) is 23.4 Å². The van der Waals surface area contributed by atoms with E-state index in [1.807, 2.05) is 20.8 Å². The first-order chi connectivity index (χ1) is 10.2. The Morgan fingerprint density at radius 1 is 1.45 bits per heavy atom. The van der Waals surface area contributed by atoms with Gasteiger partial charge in [0.25, 0.3) is 5.91 Å². The minimum atomic E-state index is -0.889. The van der Waals surface area contributed by atoms with E-state index in [1.54, 1.807) is 6.07 Å². The van der Waals surface area contributed by atoms with Crippen molar-refractivity contribution in [3.63, 3.8) is 0 Å². The van der Waals surface area contributed by atoms with Gasteiger partial charge in [-0.3, -0.25) is 4.79 Å². The summed E-state index contributed by atoms with van der Waals surface area (Å²) in [5, 5.41) is 5.71. The second-order valence-electron chi connectivity index (χ2n) is 5.60. The van der Waals surface area contributed by atoms with Crippen LogP contribution >= 0.6 is 34.2 Å². The van der Waals surface area contributed by atoms with Gasteiger partial charge in [0, 0.05) is 27.6 Å². The first kappa shape index (κ1) is 19.0. The number of hydrogen-bond acceptors (Lipinski definition) is 4. The molecule has 0 saturated heterocycles. The van der Waals surface area contributed by atoms with Crippen LogP contribution in [0.25, 0.3) is 0 Å². The van der Waals surface area contributed by atoms with Crippen LogP contribution in [0.2, 0.25) is 5.02 Å². The molecular formula is C14H19ClIN3O3. The van der Waals surface area contributed by atoms with Crippen molar-refractivity contribution in [2.45, 2.75) is 38.8 Å². The molecule has 1 atom stereocenters. The van der Waals surface area contributed by atoms with Gasteiger partial charge in [-0.25, -0.2) is 9.78 Å². The van der Waals surface area contributed by atoms with E-state index in [4.69, 9.17) is 16.3 Å². The van der Waals surface area contributed by atoms with Crippen molar-refractivity contribution in [3.8, 4) is 0 Å². The van der Waals surface area contributed by atoms with E-state index in [9.17, 15) is 9.59 Å². The Balaban J connectivity index is 2.69. The standard InChI is InChI=1S/C14H19ClIN3O3/c1-14(2,3)19-13(21)22-10(4-6-16)12(20)18-11-8-9(15)5-7-17-11/h5,7-8,10H,4,6H2,1-3H3,(H,19,21)(H,17,18,20). The lowest BCUT2D eigenvalue weighted by Crippen LogP contribution is -2.44. The number of carbonyl (C=O) groups is 2. The molecule has 1 aromatic rings. The first-order valence-corrected chi connectivity index (χ1v) is 8.59. The Morgan fingerprint density at radius 2 is 2.14 bits per heavy atom. The molecule has 0 aliphatic carbocycles. The molecule has 122 valence electrons. The highest BCUT2D eigenvalue weighted by atomic mass is 127. The summed E-state index contributed by atoms with van der Waals surface area (Å²) in [6.45, 7) is 5.49. The molecule has 22 heavy (non-hydrogen) atoms. The number of alkyl carbamates (subject to hydrolysis) is 1. The van der Waals surface area contributed by atoms with Gasteiger partial charge in [0.2, 0.25) is 0 Å². The maximum Gasteiger partial charge on any atom is 0.408 e. The molecule has 1 heterocycles. The lowest BCUT2D eigenvalue weighted by Gasteiger charge is -2.23. The highest BCUT2D eigenvalue weighted by molar-refractivity contribution is 14.1. The van der Waals surface area contributed by atoms with Gasteiger partial charge < -0.3 is 15.4 Å². The van der Waals surface area contributed by atoms with Gasteiger partial charge in [-0.1, -0.05) is 34.2 Å². The molecule has 0 radical (unpaired) electrons. The topological polar surface area (TPSA) is 80.3 Å². The summed E-state index contributed by atoms with van der Waals surface area (Å²) in [5.41, 5.74) is -0.434. The number of hydrogen-bond donors (Lipinski definition) is 2. The van der Waals surface area contributed by atoms with Crippen LogP contribution in [0.3, 0.4) is 0 Å². The number of carbonyl (C=O) groups excluding carboxylic acids is 2. The Bertz CT molecular complexity index is 534. The van der Waals surface area contributed by atoms with Crippen molar-refractivity contribution >= 4 is 52.0 Å². The van der Waals surface area contributed by atoms with Crippen LogP contribution in [0.1, 0.15) is 27.2 Å². The smallest absolute Gasteiger partial charge is 0.408 e. The summed E-state index contributed by atoms with van der Waals surface area (Å²) in [4.78, 5) is 28.0. The second kappa shape index (κ2) is 8.52. The molecule has 1 rings (SSSR count). The van der Waals surface area contributed by atoms with Crippen LogP contribution in [0.15, 0.2) is 18.3 Å². The fraction of sp³-hybridized carbons (Fsp3) is 0.500. The fourth-order valence-electron chi connectivity index (χ4n) is 1.49. The van der Waals surface area contributed by atoms with E-state index >= 15 is 0 Å². The number of amides is 2. The third kappa shape index (κ3) is 7.26. The lowest BCUT2D eigenvalue weighted by molar-refractivity contribution is -0.124. The van der Waals surface area contributed by atoms with Gasteiger partial charge in [-0.15, -0.1) is 0 Å². The average Bonchev–Trinajstić information content (AvgIpc) is 2.36. The molecule has 6 nitrogen and oxygen atoms in total. The molecular weight excluding hydrogens is 421 g/mol. The third-order valence-electron chi connectivity index (χ3n) is 2.36. The van der Waals surface area contributed by atoms with Crippen LogP contribution in [0, 0.1) is 0 Å². The Morgan fingerprint density at radius 3 is 2.68 bits per heavy atom. The third-order valence-corrected chi connectivity index (χ3v) is 3.22.